The highest BCUT2D eigenvalue weighted by Crippen LogP contribution is 2.40. The lowest BCUT2D eigenvalue weighted by Gasteiger charge is -2.18. The van der Waals surface area contributed by atoms with E-state index in [0.29, 0.717) is 5.69 Å². The number of aromatic nitrogens is 2. The Balaban J connectivity index is 2.07. The molecule has 0 bridgehead atoms. The molecule has 1 aliphatic rings. The van der Waals surface area contributed by atoms with Crippen LogP contribution in [0.5, 0.6) is 5.75 Å². The molecule has 2 aromatic carbocycles. The van der Waals surface area contributed by atoms with E-state index < -0.39 is 29.6 Å². The molecule has 0 amide bonds. The average molecular weight is 393 g/mol. The lowest BCUT2D eigenvalue weighted by Crippen LogP contribution is -2.25. The largest absolute Gasteiger partial charge is 0.496 e. The van der Waals surface area contributed by atoms with Gasteiger partial charge in [-0.2, -0.15) is 18.2 Å². The van der Waals surface area contributed by atoms with Crippen molar-refractivity contribution in [1.29, 1.82) is 0 Å². The Morgan fingerprint density at radius 1 is 1.21 bits per heavy atom. The number of fused-ring (bicyclic) bond motifs is 1. The fraction of sp³-hybridized carbons (Fsp3) is 0.263. The molecule has 1 N–H and O–H groups in total. The monoisotopic (exact) mass is 393 g/mol. The van der Waals surface area contributed by atoms with Crippen molar-refractivity contribution in [3.63, 3.8) is 0 Å². The van der Waals surface area contributed by atoms with Crippen LogP contribution in [0.15, 0.2) is 47.3 Å². The summed E-state index contributed by atoms with van der Waals surface area (Å²) in [7, 11) is 1.23. The summed E-state index contributed by atoms with van der Waals surface area (Å²) in [5.74, 6) is -0.108. The maximum Gasteiger partial charge on any atom is 0.416 e. The van der Waals surface area contributed by atoms with Gasteiger partial charge >= 0.3 is 11.9 Å². The molecule has 1 fully saturated rings. The number of nitrogens with zero attached hydrogens (tertiary/aromatic N) is 2. The molecule has 1 heterocycles. The highest BCUT2D eigenvalue weighted by atomic mass is 19.4. The van der Waals surface area contributed by atoms with E-state index in [9.17, 15) is 22.4 Å². The van der Waals surface area contributed by atoms with Crippen molar-refractivity contribution in [3.8, 4) is 11.4 Å². The molecule has 1 saturated carbocycles. The van der Waals surface area contributed by atoms with Crippen LogP contribution in [-0.2, 0) is 6.18 Å². The quantitative estimate of drug-likeness (QED) is 0.683. The number of nitrogens with one attached hydrogen (secondary N) is 1. The second kappa shape index (κ2) is 6.50. The van der Waals surface area contributed by atoms with Gasteiger partial charge in [0.05, 0.1) is 35.3 Å². The zero-order valence-corrected chi connectivity index (χ0v) is 14.6. The van der Waals surface area contributed by atoms with Gasteiger partial charge in [-0.05, 0) is 24.3 Å². The molecule has 5 nitrogen and oxygen atoms in total. The average Bonchev–Trinajstić information content (AvgIpc) is 3.35. The van der Waals surface area contributed by atoms with E-state index in [1.807, 2.05) is 0 Å². The van der Waals surface area contributed by atoms with Crippen LogP contribution in [0, 0.1) is 0 Å². The Morgan fingerprint density at radius 3 is 2.46 bits per heavy atom. The van der Waals surface area contributed by atoms with Crippen molar-refractivity contribution in [2.24, 2.45) is 0 Å². The molecular weight excluding hydrogens is 378 g/mol. The van der Waals surface area contributed by atoms with Gasteiger partial charge in [0.15, 0.2) is 0 Å². The number of hydrogen-bond donors (Lipinski definition) is 1. The van der Waals surface area contributed by atoms with Gasteiger partial charge in [0.25, 0.3) is 0 Å². The van der Waals surface area contributed by atoms with Crippen molar-refractivity contribution in [1.82, 2.24) is 9.55 Å². The third-order valence-corrected chi connectivity index (χ3v) is 4.55. The van der Waals surface area contributed by atoms with Gasteiger partial charge in [-0.15, -0.1) is 0 Å². The Hall–Kier alpha value is -3.10. The molecule has 1 aromatic heterocycles. The summed E-state index contributed by atoms with van der Waals surface area (Å²) in [6.45, 7) is 0. The minimum absolute atomic E-state index is 0.00269. The standard InChI is InChI=1S/C19H15F4N3O2/c1-28-15-8-10(19(21,22)23)7-14-16(15)17(24-13-9-12(13)20)25-18(27)26(14)11-5-3-2-4-6-11/h2-8,12-13H,9H2,1H3,(H,24,25,27). The fourth-order valence-electron chi connectivity index (χ4n) is 3.06. The maximum atomic E-state index is 13.4. The molecule has 0 radical (unpaired) electrons. The van der Waals surface area contributed by atoms with Gasteiger partial charge < -0.3 is 10.1 Å². The highest BCUT2D eigenvalue weighted by molar-refractivity contribution is 5.96. The van der Waals surface area contributed by atoms with Crippen molar-refractivity contribution < 1.29 is 22.3 Å². The summed E-state index contributed by atoms with van der Waals surface area (Å²) in [5.41, 5.74) is -1.42. The first-order chi connectivity index (χ1) is 13.3. The zero-order chi connectivity index (χ0) is 20.1. The summed E-state index contributed by atoms with van der Waals surface area (Å²) in [6.07, 6.45) is -5.49. The Labute approximate surface area is 156 Å². The van der Waals surface area contributed by atoms with E-state index in [2.05, 4.69) is 10.3 Å². The van der Waals surface area contributed by atoms with Gasteiger partial charge in [-0.3, -0.25) is 4.57 Å². The van der Waals surface area contributed by atoms with Crippen molar-refractivity contribution >= 4 is 16.7 Å². The maximum absolute atomic E-state index is 13.4. The normalized spacial score (nSPS) is 18.9. The molecule has 3 aromatic rings. The number of halogens is 4. The summed E-state index contributed by atoms with van der Waals surface area (Å²) in [5, 5.41) is 2.98. The summed E-state index contributed by atoms with van der Waals surface area (Å²) in [4.78, 5) is 16.7. The summed E-state index contributed by atoms with van der Waals surface area (Å²) < 4.78 is 59.9. The molecule has 4 rings (SSSR count). The van der Waals surface area contributed by atoms with Gasteiger partial charge in [-0.25, -0.2) is 9.18 Å². The van der Waals surface area contributed by atoms with Gasteiger partial charge in [0, 0.05) is 6.42 Å². The molecule has 2 unspecified atom stereocenters. The van der Waals surface area contributed by atoms with E-state index in [-0.39, 0.29) is 28.9 Å². The van der Waals surface area contributed by atoms with E-state index in [0.717, 1.165) is 16.7 Å². The number of ether oxygens (including phenoxy) is 1. The lowest BCUT2D eigenvalue weighted by molar-refractivity contribution is -0.137. The number of para-hydroxylation sites is 1. The Morgan fingerprint density at radius 2 is 1.89 bits per heavy atom. The highest BCUT2D eigenvalue weighted by Gasteiger charge is 2.39. The summed E-state index contributed by atoms with van der Waals surface area (Å²) >= 11 is 0. The van der Waals surface area contributed by atoms with Crippen LogP contribution in [0.1, 0.15) is 12.0 Å². The van der Waals surface area contributed by atoms with Gasteiger partial charge in [-0.1, -0.05) is 18.2 Å². The number of anilines is 1. The van der Waals surface area contributed by atoms with E-state index >= 15 is 0 Å². The fourth-order valence-corrected chi connectivity index (χ4v) is 3.06. The van der Waals surface area contributed by atoms with Crippen LogP contribution in [0.4, 0.5) is 23.4 Å². The molecule has 9 heteroatoms. The molecule has 28 heavy (non-hydrogen) atoms. The molecule has 0 saturated heterocycles. The Kier molecular flexibility index (Phi) is 4.24. The minimum atomic E-state index is -4.64. The van der Waals surface area contributed by atoms with Gasteiger partial charge in [0.1, 0.15) is 17.7 Å². The topological polar surface area (TPSA) is 56.1 Å². The van der Waals surface area contributed by atoms with Gasteiger partial charge in [0.2, 0.25) is 0 Å². The molecule has 2 atom stereocenters. The van der Waals surface area contributed by atoms with E-state index in [1.54, 1.807) is 30.3 Å². The first-order valence-electron chi connectivity index (χ1n) is 8.47. The van der Waals surface area contributed by atoms with Crippen LogP contribution in [-0.4, -0.2) is 28.9 Å². The SMILES string of the molecule is COc1cc(C(F)(F)F)cc2c1c(NC1CC1F)nc(=O)n2-c1ccccc1. The predicted molar refractivity (Wildman–Crippen MR) is 95.8 cm³/mol. The van der Waals surface area contributed by atoms with Crippen LogP contribution >= 0.6 is 0 Å². The summed E-state index contributed by atoms with van der Waals surface area (Å²) in [6, 6.07) is 9.38. The predicted octanol–water partition coefficient (Wildman–Crippen LogP) is 3.94. The first-order valence-corrected chi connectivity index (χ1v) is 8.47. The molecule has 1 aliphatic carbocycles. The van der Waals surface area contributed by atoms with Crippen LogP contribution in [0.3, 0.4) is 0 Å². The third-order valence-electron chi connectivity index (χ3n) is 4.55. The van der Waals surface area contributed by atoms with Crippen LogP contribution in [0.25, 0.3) is 16.6 Å². The smallest absolute Gasteiger partial charge is 0.416 e. The number of rotatable bonds is 4. The minimum Gasteiger partial charge on any atom is -0.496 e. The Bertz CT molecular complexity index is 1100. The molecule has 0 spiro atoms. The second-order valence-electron chi connectivity index (χ2n) is 6.49. The van der Waals surface area contributed by atoms with E-state index in [4.69, 9.17) is 4.74 Å². The lowest BCUT2D eigenvalue weighted by atomic mass is 10.1. The number of methoxy groups -OCH3 is 1. The van der Waals surface area contributed by atoms with Crippen molar-refractivity contribution in [2.75, 3.05) is 12.4 Å². The molecular formula is C19H15F4N3O2. The third kappa shape index (κ3) is 3.17. The number of alkyl halides is 4. The number of benzene rings is 2. The molecule has 146 valence electrons. The second-order valence-corrected chi connectivity index (χ2v) is 6.49. The number of hydrogen-bond acceptors (Lipinski definition) is 4. The first kappa shape index (κ1) is 18.3. The van der Waals surface area contributed by atoms with Crippen molar-refractivity contribution in [2.45, 2.75) is 24.8 Å². The van der Waals surface area contributed by atoms with Crippen LogP contribution in [0.2, 0.25) is 0 Å². The van der Waals surface area contributed by atoms with Crippen LogP contribution < -0.4 is 15.7 Å². The zero-order valence-electron chi connectivity index (χ0n) is 14.6. The van der Waals surface area contributed by atoms with Crippen molar-refractivity contribution in [3.05, 3.63) is 58.5 Å². The molecule has 0 aliphatic heterocycles. The van der Waals surface area contributed by atoms with E-state index in [1.165, 1.54) is 7.11 Å².